The Bertz CT molecular complexity index is 658. The first kappa shape index (κ1) is 21.9. The van der Waals surface area contributed by atoms with Crippen molar-refractivity contribution in [2.45, 2.75) is 71.8 Å². The molecule has 0 amide bonds. The first-order chi connectivity index (χ1) is 12.1. The molecule has 1 aliphatic heterocycles. The molecule has 1 aliphatic rings. The summed E-state index contributed by atoms with van der Waals surface area (Å²) >= 11 is 0. The molecule has 27 heavy (non-hydrogen) atoms. The molecule has 0 spiro atoms. The molecule has 0 bridgehead atoms. The van der Waals surface area contributed by atoms with Crippen molar-refractivity contribution in [3.05, 3.63) is 35.4 Å². The Kier molecular flexibility index (Phi) is 5.87. The van der Waals surface area contributed by atoms with E-state index >= 15 is 0 Å². The quantitative estimate of drug-likeness (QED) is 0.445. The molecule has 0 aromatic heterocycles. The van der Waals surface area contributed by atoms with Gasteiger partial charge in [-0.3, -0.25) is 0 Å². The van der Waals surface area contributed by atoms with Gasteiger partial charge in [-0.05, 0) is 60.6 Å². The van der Waals surface area contributed by atoms with Crippen molar-refractivity contribution in [1.29, 1.82) is 0 Å². The van der Waals surface area contributed by atoms with E-state index in [2.05, 4.69) is 41.8 Å². The zero-order valence-electron chi connectivity index (χ0n) is 18.4. The number of hydrogen-bond donors (Lipinski definition) is 0. The number of ether oxygens (including phenoxy) is 1. The average Bonchev–Trinajstić information content (AvgIpc) is 2.63. The van der Waals surface area contributed by atoms with Crippen molar-refractivity contribution >= 4 is 13.1 Å². The van der Waals surface area contributed by atoms with Crippen molar-refractivity contribution in [3.8, 4) is 0 Å². The van der Waals surface area contributed by atoms with Gasteiger partial charge in [-0.25, -0.2) is 4.79 Å². The molecule has 150 valence electrons. The number of carbonyl (C=O) groups is 1. The third kappa shape index (κ3) is 5.80. The zero-order valence-corrected chi connectivity index (χ0v) is 18.4. The van der Waals surface area contributed by atoms with Crippen molar-refractivity contribution in [1.82, 2.24) is 0 Å². The predicted octanol–water partition coefficient (Wildman–Crippen LogP) is 3.85. The lowest BCUT2D eigenvalue weighted by molar-refractivity contribution is -0.894. The summed E-state index contributed by atoms with van der Waals surface area (Å²) in [6.45, 7) is 14.7. The highest BCUT2D eigenvalue weighted by Crippen LogP contribution is 2.37. The molecule has 1 saturated heterocycles. The number of rotatable bonds is 5. The summed E-state index contributed by atoms with van der Waals surface area (Å²) < 4.78 is 18.4. The van der Waals surface area contributed by atoms with Gasteiger partial charge in [0.1, 0.15) is 18.6 Å². The summed E-state index contributed by atoms with van der Waals surface area (Å²) in [6, 6.07) is 7.64. The summed E-state index contributed by atoms with van der Waals surface area (Å²) in [5, 5.41) is 0. The monoisotopic (exact) mass is 376 g/mol. The van der Waals surface area contributed by atoms with Crippen LogP contribution in [0.5, 0.6) is 0 Å². The number of nitrogens with zero attached hydrogens (tertiary/aromatic N) is 1. The van der Waals surface area contributed by atoms with Crippen LogP contribution in [-0.2, 0) is 20.6 Å². The summed E-state index contributed by atoms with van der Waals surface area (Å²) in [4.78, 5) is 12.1. The van der Waals surface area contributed by atoms with Crippen molar-refractivity contribution in [2.75, 3.05) is 20.5 Å². The third-order valence-corrected chi connectivity index (χ3v) is 5.14. The Hall–Kier alpha value is -1.37. The van der Waals surface area contributed by atoms with Crippen molar-refractivity contribution in [2.24, 2.45) is 0 Å². The van der Waals surface area contributed by atoms with Crippen LogP contribution in [0.3, 0.4) is 0 Å². The van der Waals surface area contributed by atoms with Gasteiger partial charge in [0, 0.05) is 5.56 Å². The highest BCUT2D eigenvalue weighted by molar-refractivity contribution is 6.45. The second kappa shape index (κ2) is 7.23. The van der Waals surface area contributed by atoms with Gasteiger partial charge in [0.2, 0.25) is 0 Å². The van der Waals surface area contributed by atoms with E-state index in [-0.39, 0.29) is 24.3 Å². The molecule has 1 aromatic carbocycles. The summed E-state index contributed by atoms with van der Waals surface area (Å²) in [6.07, 6.45) is 0.751. The smallest absolute Gasteiger partial charge is 0.456 e. The fourth-order valence-electron chi connectivity index (χ4n) is 3.09. The molecular formula is C21H35BNO4+. The van der Waals surface area contributed by atoms with Gasteiger partial charge in [0.15, 0.2) is 0 Å². The van der Waals surface area contributed by atoms with E-state index < -0.39 is 5.60 Å². The van der Waals surface area contributed by atoms with Crippen LogP contribution in [0.25, 0.3) is 0 Å². The van der Waals surface area contributed by atoms with Gasteiger partial charge in [-0.2, -0.15) is 0 Å². The van der Waals surface area contributed by atoms with E-state index in [0.29, 0.717) is 5.56 Å². The minimum absolute atomic E-state index is 0.231. The Morgan fingerprint density at radius 3 is 1.96 bits per heavy atom. The SMILES string of the molecule is CC(C)(C)OC(=O)c1ccc(C[N+](C)(C)CB2OC(C)(C)C(C)(C)O2)cc1. The molecule has 2 rings (SSSR count). The largest absolute Gasteiger partial charge is 0.517 e. The van der Waals surface area contributed by atoms with E-state index in [1.54, 1.807) is 0 Å². The van der Waals surface area contributed by atoms with Crippen molar-refractivity contribution in [3.63, 3.8) is 0 Å². The van der Waals surface area contributed by atoms with E-state index in [0.717, 1.165) is 23.0 Å². The number of carbonyl (C=O) groups excluding carboxylic acids is 1. The molecule has 0 saturated carbocycles. The maximum absolute atomic E-state index is 12.1. The summed E-state index contributed by atoms with van der Waals surface area (Å²) in [5.41, 5.74) is 0.616. The molecule has 0 radical (unpaired) electrons. The number of esters is 1. The standard InChI is InChI=1S/C21H35BNO4/c1-19(2,3)25-18(24)17-12-10-16(11-13-17)14-23(8,9)15-22-26-20(4,5)21(6,7)27-22/h10-13H,14-15H2,1-9H3/q+1. The van der Waals surface area contributed by atoms with E-state index in [1.165, 1.54) is 0 Å². The van der Waals surface area contributed by atoms with Gasteiger partial charge < -0.3 is 18.5 Å². The van der Waals surface area contributed by atoms with Gasteiger partial charge in [-0.1, -0.05) is 12.1 Å². The maximum atomic E-state index is 12.1. The molecule has 0 unspecified atom stereocenters. The van der Waals surface area contributed by atoms with E-state index in [9.17, 15) is 4.79 Å². The van der Waals surface area contributed by atoms with Crippen LogP contribution in [0.1, 0.15) is 64.4 Å². The van der Waals surface area contributed by atoms with Gasteiger partial charge >= 0.3 is 13.1 Å². The minimum Gasteiger partial charge on any atom is -0.456 e. The van der Waals surface area contributed by atoms with Crippen LogP contribution in [-0.4, -0.2) is 54.9 Å². The molecule has 1 fully saturated rings. The second-order valence-corrected chi connectivity index (χ2v) is 10.2. The first-order valence-electron chi connectivity index (χ1n) is 9.60. The second-order valence-electron chi connectivity index (χ2n) is 10.2. The van der Waals surface area contributed by atoms with Gasteiger partial charge in [0.05, 0.1) is 30.9 Å². The van der Waals surface area contributed by atoms with Crippen LogP contribution < -0.4 is 0 Å². The Morgan fingerprint density at radius 1 is 1.04 bits per heavy atom. The normalized spacial score (nSPS) is 19.2. The number of quaternary nitrogens is 1. The lowest BCUT2D eigenvalue weighted by atomic mass is 9.88. The molecule has 0 aliphatic carbocycles. The zero-order chi connectivity index (χ0) is 20.7. The summed E-state index contributed by atoms with van der Waals surface area (Å²) in [5.74, 6) is -0.292. The summed E-state index contributed by atoms with van der Waals surface area (Å²) in [7, 11) is 4.09. The fraction of sp³-hybridized carbons (Fsp3) is 0.667. The molecular weight excluding hydrogens is 341 g/mol. The van der Waals surface area contributed by atoms with Gasteiger partial charge in [0.25, 0.3) is 0 Å². The minimum atomic E-state index is -0.489. The average molecular weight is 376 g/mol. The molecule has 0 N–H and O–H groups in total. The Morgan fingerprint density at radius 2 is 1.52 bits per heavy atom. The lowest BCUT2D eigenvalue weighted by Crippen LogP contribution is -2.47. The molecule has 5 nitrogen and oxygen atoms in total. The fourth-order valence-corrected chi connectivity index (χ4v) is 3.09. The topological polar surface area (TPSA) is 44.8 Å². The third-order valence-electron chi connectivity index (χ3n) is 5.14. The first-order valence-corrected chi connectivity index (χ1v) is 9.60. The molecule has 1 aromatic rings. The van der Waals surface area contributed by atoms with Crippen LogP contribution in [0, 0.1) is 0 Å². The lowest BCUT2D eigenvalue weighted by Gasteiger charge is -2.32. The highest BCUT2D eigenvalue weighted by Gasteiger charge is 2.53. The highest BCUT2D eigenvalue weighted by atomic mass is 16.7. The van der Waals surface area contributed by atoms with Crippen molar-refractivity contribution < 1.29 is 23.3 Å². The molecule has 0 atom stereocenters. The molecule has 6 heteroatoms. The maximum Gasteiger partial charge on any atom is 0.517 e. The van der Waals surface area contributed by atoms with Crippen LogP contribution >= 0.6 is 0 Å². The number of hydrogen-bond acceptors (Lipinski definition) is 4. The van der Waals surface area contributed by atoms with E-state index in [4.69, 9.17) is 14.0 Å². The van der Waals surface area contributed by atoms with Gasteiger partial charge in [-0.15, -0.1) is 0 Å². The van der Waals surface area contributed by atoms with Crippen LogP contribution in [0.2, 0.25) is 0 Å². The molecule has 1 heterocycles. The van der Waals surface area contributed by atoms with Crippen LogP contribution in [0.15, 0.2) is 24.3 Å². The predicted molar refractivity (Wildman–Crippen MR) is 108 cm³/mol. The number of benzene rings is 1. The van der Waals surface area contributed by atoms with E-state index in [1.807, 2.05) is 45.0 Å². The Balaban J connectivity index is 1.99. The Labute approximate surface area is 164 Å². The van der Waals surface area contributed by atoms with Crippen LogP contribution in [0.4, 0.5) is 0 Å².